The van der Waals surface area contributed by atoms with Gasteiger partial charge in [-0.25, -0.2) is 15.0 Å². The van der Waals surface area contributed by atoms with Crippen molar-refractivity contribution in [3.8, 4) is 17.3 Å². The summed E-state index contributed by atoms with van der Waals surface area (Å²) in [6, 6.07) is 14.8. The molecule has 0 bridgehead atoms. The van der Waals surface area contributed by atoms with Gasteiger partial charge in [-0.15, -0.1) is 0 Å². The van der Waals surface area contributed by atoms with Crippen molar-refractivity contribution in [2.75, 3.05) is 49.5 Å². The third-order valence-electron chi connectivity index (χ3n) is 5.46. The number of aromatic hydroxyl groups is 1. The van der Waals surface area contributed by atoms with Gasteiger partial charge in [-0.1, -0.05) is 30.3 Å². The Kier molecular flexibility index (Phi) is 7.16. The van der Waals surface area contributed by atoms with Crippen molar-refractivity contribution in [2.24, 2.45) is 0 Å². The van der Waals surface area contributed by atoms with E-state index in [9.17, 15) is 14.7 Å². The molecule has 10 heteroatoms. The number of nitrogens with zero attached hydrogens (tertiary/aromatic N) is 5. The Morgan fingerprint density at radius 1 is 1.00 bits per heavy atom. The summed E-state index contributed by atoms with van der Waals surface area (Å²) in [6.07, 6.45) is 1.45. The molecule has 3 aromatic rings. The summed E-state index contributed by atoms with van der Waals surface area (Å²) < 4.78 is 0. The van der Waals surface area contributed by atoms with E-state index in [2.05, 4.69) is 25.5 Å². The summed E-state index contributed by atoms with van der Waals surface area (Å²) in [6.45, 7) is 4.65. The molecule has 4 rings (SSSR count). The van der Waals surface area contributed by atoms with Crippen LogP contribution in [0.1, 0.15) is 17.3 Å². The van der Waals surface area contributed by atoms with Gasteiger partial charge in [-0.05, 0) is 12.1 Å². The molecule has 0 spiro atoms. The lowest BCUT2D eigenvalue weighted by Crippen LogP contribution is -2.49. The molecule has 3 N–H and O–H groups in total. The van der Waals surface area contributed by atoms with E-state index in [1.54, 1.807) is 17.0 Å². The van der Waals surface area contributed by atoms with E-state index in [0.717, 1.165) is 11.4 Å². The minimum atomic E-state index is -0.256. The highest BCUT2D eigenvalue weighted by molar-refractivity contribution is 5.96. The van der Waals surface area contributed by atoms with E-state index in [4.69, 9.17) is 4.98 Å². The molecule has 0 unspecified atom stereocenters. The molecule has 34 heavy (non-hydrogen) atoms. The number of aromatic nitrogens is 3. The molecule has 3 heterocycles. The minimum absolute atomic E-state index is 0.0813. The maximum atomic E-state index is 12.8. The average Bonchev–Trinajstić information content (AvgIpc) is 2.87. The number of carbonyl (C=O) groups is 2. The molecule has 2 amide bonds. The number of carbonyl (C=O) groups excluding carboxylic acids is 2. The molecule has 0 atom stereocenters. The van der Waals surface area contributed by atoms with Crippen LogP contribution < -0.4 is 15.5 Å². The molecule has 1 aliphatic heterocycles. The predicted molar refractivity (Wildman–Crippen MR) is 129 cm³/mol. The monoisotopic (exact) mass is 461 g/mol. The van der Waals surface area contributed by atoms with Gasteiger partial charge in [0.05, 0.1) is 0 Å². The Morgan fingerprint density at radius 3 is 2.47 bits per heavy atom. The fourth-order valence-electron chi connectivity index (χ4n) is 3.71. The summed E-state index contributed by atoms with van der Waals surface area (Å²) in [5, 5.41) is 15.9. The van der Waals surface area contributed by atoms with E-state index >= 15 is 0 Å². The van der Waals surface area contributed by atoms with Gasteiger partial charge >= 0.3 is 0 Å². The highest BCUT2D eigenvalue weighted by Crippen LogP contribution is 2.24. The number of hydrogen-bond acceptors (Lipinski definition) is 8. The van der Waals surface area contributed by atoms with Crippen LogP contribution in [0.5, 0.6) is 5.88 Å². The second-order valence-corrected chi connectivity index (χ2v) is 7.86. The number of nitrogens with one attached hydrogen (secondary N) is 2. The van der Waals surface area contributed by atoms with E-state index in [1.165, 1.54) is 13.1 Å². The van der Waals surface area contributed by atoms with Crippen LogP contribution in [0.25, 0.3) is 11.4 Å². The SMILES string of the molecule is CC(=O)NCCNc1cc(N2CCN(C(=O)c3cccnc3O)CC2)nc(-c2ccccc2)n1. The first-order valence-corrected chi connectivity index (χ1v) is 11.1. The molecule has 1 fully saturated rings. The van der Waals surface area contributed by atoms with Crippen molar-refractivity contribution in [3.05, 3.63) is 60.3 Å². The maximum absolute atomic E-state index is 12.8. The van der Waals surface area contributed by atoms with Crippen molar-refractivity contribution >= 4 is 23.5 Å². The second-order valence-electron chi connectivity index (χ2n) is 7.86. The fraction of sp³-hybridized carbons (Fsp3) is 0.292. The number of rotatable bonds is 7. The second kappa shape index (κ2) is 10.6. The third kappa shape index (κ3) is 5.58. The molecular formula is C24H27N7O3. The summed E-state index contributed by atoms with van der Waals surface area (Å²) in [5.41, 5.74) is 1.10. The number of pyridine rings is 1. The predicted octanol–water partition coefficient (Wildman–Crippen LogP) is 1.75. The lowest BCUT2D eigenvalue weighted by atomic mass is 10.2. The van der Waals surface area contributed by atoms with E-state index in [0.29, 0.717) is 50.9 Å². The van der Waals surface area contributed by atoms with Crippen LogP contribution in [0.4, 0.5) is 11.6 Å². The highest BCUT2D eigenvalue weighted by Gasteiger charge is 2.25. The first-order valence-electron chi connectivity index (χ1n) is 11.1. The first-order chi connectivity index (χ1) is 16.5. The Bertz CT molecular complexity index is 1150. The van der Waals surface area contributed by atoms with E-state index in [1.807, 2.05) is 36.4 Å². The Morgan fingerprint density at radius 2 is 1.76 bits per heavy atom. The molecule has 2 aromatic heterocycles. The summed E-state index contributed by atoms with van der Waals surface area (Å²) >= 11 is 0. The Hall–Kier alpha value is -4.21. The summed E-state index contributed by atoms with van der Waals surface area (Å²) in [4.78, 5) is 41.0. The quantitative estimate of drug-likeness (QED) is 0.455. The number of anilines is 2. The van der Waals surface area contributed by atoms with Gasteiger partial charge in [0.2, 0.25) is 11.8 Å². The number of benzene rings is 1. The number of amides is 2. The standard InChI is InChI=1S/C24H27N7O3/c1-17(32)25-10-11-26-20-16-21(29-22(28-20)18-6-3-2-4-7-18)30-12-14-31(15-13-30)24(34)19-8-5-9-27-23(19)33/h2-9,16H,10-15H2,1H3,(H,25,32)(H,27,33)(H,26,28,29). The van der Waals surface area contributed by atoms with Gasteiger partial charge in [0, 0.05) is 64.0 Å². The zero-order valence-corrected chi connectivity index (χ0v) is 18.9. The van der Waals surface area contributed by atoms with Gasteiger partial charge in [0.1, 0.15) is 17.2 Å². The van der Waals surface area contributed by atoms with Gasteiger partial charge in [-0.2, -0.15) is 0 Å². The Labute approximate surface area is 197 Å². The molecule has 176 valence electrons. The molecule has 1 saturated heterocycles. The van der Waals surface area contributed by atoms with Gasteiger partial charge in [0.15, 0.2) is 5.82 Å². The molecule has 0 saturated carbocycles. The zero-order chi connectivity index (χ0) is 23.9. The van der Waals surface area contributed by atoms with Crippen molar-refractivity contribution in [1.82, 2.24) is 25.2 Å². The lowest BCUT2D eigenvalue weighted by Gasteiger charge is -2.35. The zero-order valence-electron chi connectivity index (χ0n) is 18.9. The van der Waals surface area contributed by atoms with Crippen LogP contribution in [0.15, 0.2) is 54.7 Å². The molecule has 1 aromatic carbocycles. The highest BCUT2D eigenvalue weighted by atomic mass is 16.3. The molecule has 0 aliphatic carbocycles. The van der Waals surface area contributed by atoms with Crippen LogP contribution in [-0.4, -0.2) is 76.0 Å². The van der Waals surface area contributed by atoms with Gasteiger partial charge in [-0.3, -0.25) is 9.59 Å². The molecular weight excluding hydrogens is 434 g/mol. The van der Waals surface area contributed by atoms with Crippen LogP contribution >= 0.6 is 0 Å². The topological polar surface area (TPSA) is 124 Å². The number of piperazine rings is 1. The Balaban J connectivity index is 1.49. The summed E-state index contributed by atoms with van der Waals surface area (Å²) in [7, 11) is 0. The van der Waals surface area contributed by atoms with E-state index < -0.39 is 0 Å². The van der Waals surface area contributed by atoms with Crippen molar-refractivity contribution in [2.45, 2.75) is 6.92 Å². The van der Waals surface area contributed by atoms with Gasteiger partial charge < -0.3 is 25.5 Å². The largest absolute Gasteiger partial charge is 0.493 e. The lowest BCUT2D eigenvalue weighted by molar-refractivity contribution is -0.118. The fourth-order valence-corrected chi connectivity index (χ4v) is 3.71. The third-order valence-corrected chi connectivity index (χ3v) is 5.46. The van der Waals surface area contributed by atoms with Gasteiger partial charge in [0.25, 0.3) is 5.91 Å². The van der Waals surface area contributed by atoms with Crippen LogP contribution in [0.2, 0.25) is 0 Å². The van der Waals surface area contributed by atoms with Crippen LogP contribution in [0.3, 0.4) is 0 Å². The maximum Gasteiger partial charge on any atom is 0.259 e. The summed E-state index contributed by atoms with van der Waals surface area (Å²) in [5.74, 6) is 1.44. The minimum Gasteiger partial charge on any atom is -0.493 e. The van der Waals surface area contributed by atoms with Crippen LogP contribution in [0, 0.1) is 0 Å². The first kappa shape index (κ1) is 23.0. The average molecular weight is 462 g/mol. The number of hydrogen-bond donors (Lipinski definition) is 3. The van der Waals surface area contributed by atoms with E-state index in [-0.39, 0.29) is 23.3 Å². The molecule has 0 radical (unpaired) electrons. The normalized spacial score (nSPS) is 13.4. The van der Waals surface area contributed by atoms with Crippen LogP contribution in [-0.2, 0) is 4.79 Å². The molecule has 10 nitrogen and oxygen atoms in total. The van der Waals surface area contributed by atoms with Crippen molar-refractivity contribution in [1.29, 1.82) is 0 Å². The van der Waals surface area contributed by atoms with Crippen molar-refractivity contribution in [3.63, 3.8) is 0 Å². The smallest absolute Gasteiger partial charge is 0.259 e. The van der Waals surface area contributed by atoms with Crippen molar-refractivity contribution < 1.29 is 14.7 Å². The molecule has 1 aliphatic rings.